The zero-order valence-corrected chi connectivity index (χ0v) is 11.5. The Morgan fingerprint density at radius 2 is 2.00 bits per heavy atom. The van der Waals surface area contributed by atoms with E-state index >= 15 is 0 Å². The third kappa shape index (κ3) is 5.88. The normalized spacial score (nSPS) is 23.2. The first-order chi connectivity index (χ1) is 7.34. The molecule has 0 aromatic carbocycles. The highest BCUT2D eigenvalue weighted by Gasteiger charge is 2.18. The zero-order valence-electron chi connectivity index (χ0n) is 9.88. The van der Waals surface area contributed by atoms with E-state index in [9.17, 15) is 0 Å². The molecule has 0 aromatic heterocycles. The molecule has 1 rings (SSSR count). The Bertz CT molecular complexity index is 155. The van der Waals surface area contributed by atoms with Gasteiger partial charge in [-0.2, -0.15) is 0 Å². The summed E-state index contributed by atoms with van der Waals surface area (Å²) in [5.74, 6) is 0. The molecule has 1 saturated heterocycles. The molecule has 0 aliphatic carbocycles. The third-order valence-electron chi connectivity index (χ3n) is 3.04. The van der Waals surface area contributed by atoms with Crippen LogP contribution in [0.1, 0.15) is 44.9 Å². The summed E-state index contributed by atoms with van der Waals surface area (Å²) in [7, 11) is 2.18. The molecule has 90 valence electrons. The van der Waals surface area contributed by atoms with Crippen LogP contribution in [0.15, 0.2) is 0 Å². The van der Waals surface area contributed by atoms with Gasteiger partial charge in [-0.05, 0) is 39.2 Å². The molecule has 0 N–H and O–H groups in total. The van der Waals surface area contributed by atoms with E-state index in [0.29, 0.717) is 6.23 Å². The topological polar surface area (TPSA) is 12.5 Å². The highest BCUT2D eigenvalue weighted by molar-refractivity contribution is 9.09. The van der Waals surface area contributed by atoms with Crippen molar-refractivity contribution in [3.8, 4) is 0 Å². The first kappa shape index (κ1) is 13.5. The molecular formula is C12H24BrNO. The van der Waals surface area contributed by atoms with Gasteiger partial charge < -0.3 is 4.74 Å². The molecule has 0 amide bonds. The molecule has 1 aliphatic rings. The van der Waals surface area contributed by atoms with Crippen molar-refractivity contribution >= 4 is 15.9 Å². The second kappa shape index (κ2) is 8.54. The maximum absolute atomic E-state index is 5.89. The largest absolute Gasteiger partial charge is 0.363 e. The van der Waals surface area contributed by atoms with Crippen LogP contribution in [0.4, 0.5) is 0 Å². The van der Waals surface area contributed by atoms with Crippen molar-refractivity contribution < 1.29 is 4.74 Å². The van der Waals surface area contributed by atoms with Crippen LogP contribution in [-0.4, -0.2) is 36.7 Å². The van der Waals surface area contributed by atoms with E-state index in [-0.39, 0.29) is 0 Å². The lowest BCUT2D eigenvalue weighted by Crippen LogP contribution is -2.38. The fourth-order valence-electron chi connectivity index (χ4n) is 2.02. The molecule has 1 unspecified atom stereocenters. The third-order valence-corrected chi connectivity index (χ3v) is 3.60. The van der Waals surface area contributed by atoms with E-state index in [4.69, 9.17) is 4.74 Å². The number of ether oxygens (including phenoxy) is 1. The number of likely N-dealkylation sites (tertiary alicyclic amines) is 1. The average molecular weight is 278 g/mol. The van der Waals surface area contributed by atoms with Crippen LogP contribution in [-0.2, 0) is 4.74 Å². The van der Waals surface area contributed by atoms with E-state index in [0.717, 1.165) is 11.9 Å². The van der Waals surface area contributed by atoms with Gasteiger partial charge in [-0.25, -0.2) is 0 Å². The van der Waals surface area contributed by atoms with Crippen molar-refractivity contribution in [2.75, 3.05) is 25.5 Å². The van der Waals surface area contributed by atoms with E-state index in [1.54, 1.807) is 0 Å². The van der Waals surface area contributed by atoms with E-state index in [2.05, 4.69) is 27.9 Å². The van der Waals surface area contributed by atoms with Gasteiger partial charge >= 0.3 is 0 Å². The van der Waals surface area contributed by atoms with Gasteiger partial charge in [0.2, 0.25) is 0 Å². The molecule has 1 aliphatic heterocycles. The molecule has 1 atom stereocenters. The Hall–Kier alpha value is 0.400. The maximum Gasteiger partial charge on any atom is 0.110 e. The van der Waals surface area contributed by atoms with Crippen molar-refractivity contribution in [2.24, 2.45) is 0 Å². The van der Waals surface area contributed by atoms with E-state index < -0.39 is 0 Å². The zero-order chi connectivity index (χ0) is 10.9. The number of piperidine rings is 1. The van der Waals surface area contributed by atoms with Gasteiger partial charge in [0.15, 0.2) is 0 Å². The van der Waals surface area contributed by atoms with Crippen LogP contribution in [0.2, 0.25) is 0 Å². The van der Waals surface area contributed by atoms with Crippen LogP contribution in [0.3, 0.4) is 0 Å². The van der Waals surface area contributed by atoms with Gasteiger partial charge in [-0.15, -0.1) is 0 Å². The van der Waals surface area contributed by atoms with Crippen LogP contribution in [0, 0.1) is 0 Å². The fraction of sp³-hybridized carbons (Fsp3) is 1.00. The molecule has 3 heteroatoms. The van der Waals surface area contributed by atoms with Crippen LogP contribution in [0.25, 0.3) is 0 Å². The number of nitrogens with zero attached hydrogens (tertiary/aromatic N) is 1. The Labute approximate surface area is 102 Å². The second-order valence-corrected chi connectivity index (χ2v) is 5.20. The van der Waals surface area contributed by atoms with E-state index in [1.807, 2.05) is 0 Å². The minimum absolute atomic E-state index is 0.398. The summed E-state index contributed by atoms with van der Waals surface area (Å²) in [6, 6.07) is 0. The summed E-state index contributed by atoms with van der Waals surface area (Å²) < 4.78 is 5.89. The van der Waals surface area contributed by atoms with Gasteiger partial charge in [-0.1, -0.05) is 28.8 Å². The van der Waals surface area contributed by atoms with Crippen molar-refractivity contribution in [3.05, 3.63) is 0 Å². The fourth-order valence-corrected chi connectivity index (χ4v) is 2.42. The smallest absolute Gasteiger partial charge is 0.110 e. The van der Waals surface area contributed by atoms with Crippen LogP contribution >= 0.6 is 15.9 Å². The molecule has 0 spiro atoms. The number of hydrogen-bond acceptors (Lipinski definition) is 2. The number of hydrogen-bond donors (Lipinski definition) is 0. The minimum atomic E-state index is 0.398. The molecule has 0 saturated carbocycles. The SMILES string of the molecule is CN1CCCCC1OCCCCCCBr. The number of unbranched alkanes of at least 4 members (excludes halogenated alkanes) is 3. The predicted octanol–water partition coefficient (Wildman–Crippen LogP) is 3.40. The van der Waals surface area contributed by atoms with Gasteiger partial charge in [0.05, 0.1) is 0 Å². The Kier molecular flexibility index (Phi) is 7.67. The maximum atomic E-state index is 5.89. The second-order valence-electron chi connectivity index (χ2n) is 4.41. The van der Waals surface area contributed by atoms with Gasteiger partial charge in [0.25, 0.3) is 0 Å². The number of halogens is 1. The molecule has 0 radical (unpaired) electrons. The highest BCUT2D eigenvalue weighted by atomic mass is 79.9. The Balaban J connectivity index is 1.94. The Morgan fingerprint density at radius 3 is 2.73 bits per heavy atom. The summed E-state index contributed by atoms with van der Waals surface area (Å²) >= 11 is 3.45. The Morgan fingerprint density at radius 1 is 1.20 bits per heavy atom. The molecule has 15 heavy (non-hydrogen) atoms. The van der Waals surface area contributed by atoms with Crippen molar-refractivity contribution in [1.82, 2.24) is 4.90 Å². The summed E-state index contributed by atoms with van der Waals surface area (Å²) in [5, 5.41) is 1.14. The molecule has 1 heterocycles. The van der Waals surface area contributed by atoms with Crippen molar-refractivity contribution in [1.29, 1.82) is 0 Å². The predicted molar refractivity (Wildman–Crippen MR) is 68.5 cm³/mol. The molecule has 0 aromatic rings. The quantitative estimate of drug-likeness (QED) is 0.523. The van der Waals surface area contributed by atoms with E-state index in [1.165, 1.54) is 51.5 Å². The van der Waals surface area contributed by atoms with Crippen molar-refractivity contribution in [2.45, 2.75) is 51.2 Å². The molecular weight excluding hydrogens is 254 g/mol. The lowest BCUT2D eigenvalue weighted by molar-refractivity contribution is -0.0683. The molecule has 0 bridgehead atoms. The summed E-state index contributed by atoms with van der Waals surface area (Å²) in [4.78, 5) is 2.35. The lowest BCUT2D eigenvalue weighted by atomic mass is 10.1. The summed E-state index contributed by atoms with van der Waals surface area (Å²) in [5.41, 5.74) is 0. The van der Waals surface area contributed by atoms with Gasteiger partial charge in [0.1, 0.15) is 6.23 Å². The first-order valence-electron chi connectivity index (χ1n) is 6.22. The number of rotatable bonds is 7. The van der Waals surface area contributed by atoms with Crippen molar-refractivity contribution in [3.63, 3.8) is 0 Å². The number of alkyl halides is 1. The molecule has 1 fully saturated rings. The minimum Gasteiger partial charge on any atom is -0.363 e. The van der Waals surface area contributed by atoms with Gasteiger partial charge in [-0.3, -0.25) is 4.90 Å². The standard InChI is InChI=1S/C12H24BrNO/c1-14-10-6-4-8-12(14)15-11-7-3-2-5-9-13/h12H,2-11H2,1H3. The van der Waals surface area contributed by atoms with Gasteiger partial charge in [0, 0.05) is 18.5 Å². The highest BCUT2D eigenvalue weighted by Crippen LogP contribution is 2.16. The first-order valence-corrected chi connectivity index (χ1v) is 7.34. The van der Waals surface area contributed by atoms with Crippen LogP contribution < -0.4 is 0 Å². The molecule has 2 nitrogen and oxygen atoms in total. The summed E-state index contributed by atoms with van der Waals surface area (Å²) in [6.45, 7) is 2.14. The summed E-state index contributed by atoms with van der Waals surface area (Å²) in [6.07, 6.45) is 9.44. The average Bonchev–Trinajstić information content (AvgIpc) is 2.25. The van der Waals surface area contributed by atoms with Crippen LogP contribution in [0.5, 0.6) is 0 Å². The monoisotopic (exact) mass is 277 g/mol. The lowest BCUT2D eigenvalue weighted by Gasteiger charge is -2.32.